The molecule has 5 heterocycles. The fraction of sp³-hybridized carbons (Fsp3) is 0.407. The number of thiazole rings is 1. The van der Waals surface area contributed by atoms with Crippen LogP contribution in [0.1, 0.15) is 38.2 Å². The third-order valence-corrected chi connectivity index (χ3v) is 12.4. The third kappa shape index (κ3) is 7.00. The Kier molecular flexibility index (Phi) is 9.28. The molecule has 1 atom stereocenters. The maximum atomic E-state index is 14.0. The highest BCUT2D eigenvalue weighted by Gasteiger charge is 2.39. The molecule has 20 heteroatoms. The van der Waals surface area contributed by atoms with Crippen LogP contribution in [0.2, 0.25) is 0 Å². The zero-order valence-corrected chi connectivity index (χ0v) is 27.8. The fourth-order valence-electron chi connectivity index (χ4n) is 5.40. The van der Waals surface area contributed by atoms with Gasteiger partial charge in [-0.2, -0.15) is 9.52 Å². The molecule has 0 bridgehead atoms. The van der Waals surface area contributed by atoms with Gasteiger partial charge in [0.2, 0.25) is 5.91 Å². The van der Waals surface area contributed by atoms with Gasteiger partial charge in [-0.1, -0.05) is 5.21 Å². The third-order valence-electron chi connectivity index (χ3n) is 7.85. The average molecular weight is 702 g/mol. The van der Waals surface area contributed by atoms with Crippen molar-refractivity contribution in [2.75, 3.05) is 40.3 Å². The van der Waals surface area contributed by atoms with E-state index in [1.54, 1.807) is 23.1 Å². The number of hydrogen-bond acceptors (Lipinski definition) is 14. The van der Waals surface area contributed by atoms with Gasteiger partial charge in [0.1, 0.15) is 10.0 Å². The predicted molar refractivity (Wildman–Crippen MR) is 171 cm³/mol. The van der Waals surface area contributed by atoms with Crippen molar-refractivity contribution in [1.29, 1.82) is 5.41 Å². The Balaban J connectivity index is 1.23. The van der Waals surface area contributed by atoms with Crippen molar-refractivity contribution in [2.24, 2.45) is 0 Å². The number of rotatable bonds is 8. The summed E-state index contributed by atoms with van der Waals surface area (Å²) in [4.78, 5) is 47.8. The number of nitrogens with one attached hydrogen (secondary N) is 4. The van der Waals surface area contributed by atoms with Gasteiger partial charge in [-0.05, 0) is 36.7 Å². The van der Waals surface area contributed by atoms with Crippen molar-refractivity contribution >= 4 is 66.5 Å². The molecule has 0 aliphatic carbocycles. The number of methoxy groups -OCH3 is 1. The number of aromatic amines is 1. The molecule has 1 saturated heterocycles. The number of carbonyl (C=O) groups excluding carboxylic acids is 3. The van der Waals surface area contributed by atoms with E-state index >= 15 is 0 Å². The van der Waals surface area contributed by atoms with E-state index in [2.05, 4.69) is 45.9 Å². The molecule has 2 aliphatic heterocycles. The van der Waals surface area contributed by atoms with Crippen LogP contribution in [0.15, 0.2) is 28.5 Å². The van der Waals surface area contributed by atoms with Crippen LogP contribution in [-0.4, -0.2) is 118 Å². The zero-order valence-electron chi connectivity index (χ0n) is 25.3. The van der Waals surface area contributed by atoms with Crippen molar-refractivity contribution in [1.82, 2.24) is 50.3 Å². The summed E-state index contributed by atoms with van der Waals surface area (Å²) in [5.41, 5.74) is 1.27. The number of likely N-dealkylation sites (N-methyl/N-ethyl adjacent to an activating group) is 1. The molecular weight excluding hydrogens is 671 g/mol. The smallest absolute Gasteiger partial charge is 0.412 e. The second-order valence-corrected chi connectivity index (χ2v) is 15.3. The van der Waals surface area contributed by atoms with Gasteiger partial charge in [0.05, 0.1) is 25.4 Å². The maximum Gasteiger partial charge on any atom is 0.412 e. The molecule has 6 rings (SSSR count). The van der Waals surface area contributed by atoms with Gasteiger partial charge in [-0.25, -0.2) is 18.2 Å². The number of amides is 3. The summed E-state index contributed by atoms with van der Waals surface area (Å²) in [5, 5.41) is 27.5. The number of tetrazole rings is 1. The van der Waals surface area contributed by atoms with E-state index in [1.807, 2.05) is 7.05 Å². The first-order valence-corrected chi connectivity index (χ1v) is 17.5. The van der Waals surface area contributed by atoms with Gasteiger partial charge in [0.15, 0.2) is 10.8 Å². The van der Waals surface area contributed by atoms with E-state index in [1.165, 1.54) is 28.8 Å². The maximum absolute atomic E-state index is 14.0. The number of sulfonamides is 1. The molecule has 3 amide bonds. The second-order valence-electron chi connectivity index (χ2n) is 11.0. The minimum Gasteiger partial charge on any atom is -0.453 e. The summed E-state index contributed by atoms with van der Waals surface area (Å²) >= 11 is 2.41. The molecule has 1 fully saturated rings. The summed E-state index contributed by atoms with van der Waals surface area (Å²) in [7, 11) is -0.831. The standard InChI is InChI=1S/C27H31N11O6S3/c1-36-6-5-18-20(14-36)46-25(30-18)26(40)38-8-7-37(13-17(38)11-22(39)29-12-21-32-34-35-33-21)47(42,43)23-10-16-9-15(3-4-19(16)45-23)24(28)31-27(41)44-2/h3-4,9-10,17H,5-8,11-14H2,1-2H3,(H,29,39)(H2,28,31,41)(H,32,33,34,35). The number of aromatic nitrogens is 5. The van der Waals surface area contributed by atoms with Crippen molar-refractivity contribution in [3.8, 4) is 0 Å². The minimum atomic E-state index is -4.03. The van der Waals surface area contributed by atoms with E-state index in [0.717, 1.165) is 34.9 Å². The number of carbonyl (C=O) groups is 3. The molecule has 3 aromatic heterocycles. The topological polar surface area (TPSA) is 220 Å². The number of benzene rings is 1. The summed E-state index contributed by atoms with van der Waals surface area (Å²) in [5.74, 6) is -0.655. The van der Waals surface area contributed by atoms with Crippen LogP contribution in [0.4, 0.5) is 4.79 Å². The predicted octanol–water partition coefficient (Wildman–Crippen LogP) is 0.762. The van der Waals surface area contributed by atoms with Crippen molar-refractivity contribution in [2.45, 2.75) is 36.2 Å². The van der Waals surface area contributed by atoms with Crippen LogP contribution in [0.5, 0.6) is 0 Å². The van der Waals surface area contributed by atoms with E-state index in [0.29, 0.717) is 27.2 Å². The minimum absolute atomic E-state index is 0.0150. The summed E-state index contributed by atoms with van der Waals surface area (Å²) in [6.07, 6.45) is -0.209. The lowest BCUT2D eigenvalue weighted by Crippen LogP contribution is -2.57. The number of H-pyrrole nitrogens is 1. The molecule has 17 nitrogen and oxygen atoms in total. The highest BCUT2D eigenvalue weighted by molar-refractivity contribution is 7.91. The lowest BCUT2D eigenvalue weighted by Gasteiger charge is -2.40. The largest absolute Gasteiger partial charge is 0.453 e. The SMILES string of the molecule is COC(=O)NC(=N)c1ccc2sc(S(=O)(=O)N3CCN(C(=O)c4nc5c(s4)CN(C)CC5)C(CC(=O)NCc4nn[nH]n4)C3)cc2c1. The van der Waals surface area contributed by atoms with E-state index in [9.17, 15) is 22.8 Å². The van der Waals surface area contributed by atoms with Gasteiger partial charge < -0.3 is 19.9 Å². The molecule has 2 aliphatic rings. The number of nitrogens with zero attached hydrogens (tertiary/aromatic N) is 7. The number of hydrogen-bond donors (Lipinski definition) is 4. The molecule has 0 spiro atoms. The first-order valence-electron chi connectivity index (χ1n) is 14.5. The van der Waals surface area contributed by atoms with Crippen LogP contribution in [0.3, 0.4) is 0 Å². The van der Waals surface area contributed by atoms with Crippen LogP contribution in [-0.2, 0) is 39.1 Å². The number of amidine groups is 1. The number of alkyl carbamates (subject to hydrolysis) is 1. The molecular formula is C27H31N11O6S3. The first-order chi connectivity index (χ1) is 22.5. The van der Waals surface area contributed by atoms with Crippen molar-refractivity contribution in [3.05, 3.63) is 51.2 Å². The summed E-state index contributed by atoms with van der Waals surface area (Å²) in [6.45, 7) is 1.54. The Morgan fingerprint density at radius 2 is 2.00 bits per heavy atom. The summed E-state index contributed by atoms with van der Waals surface area (Å²) in [6, 6.07) is 5.65. The Bertz CT molecular complexity index is 1940. The highest BCUT2D eigenvalue weighted by Crippen LogP contribution is 2.33. The van der Waals surface area contributed by atoms with Crippen molar-refractivity contribution in [3.63, 3.8) is 0 Å². The van der Waals surface area contributed by atoms with Crippen LogP contribution in [0, 0.1) is 5.41 Å². The monoisotopic (exact) mass is 701 g/mol. The Morgan fingerprint density at radius 1 is 1.17 bits per heavy atom. The molecule has 0 saturated carbocycles. The molecule has 1 unspecified atom stereocenters. The second kappa shape index (κ2) is 13.4. The van der Waals surface area contributed by atoms with Gasteiger partial charge in [0.25, 0.3) is 15.9 Å². The number of ether oxygens (including phenoxy) is 1. The van der Waals surface area contributed by atoms with Crippen LogP contribution >= 0.6 is 22.7 Å². The molecule has 4 aromatic rings. The fourth-order valence-corrected chi connectivity index (χ4v) is 9.55. The van der Waals surface area contributed by atoms with E-state index in [4.69, 9.17) is 5.41 Å². The van der Waals surface area contributed by atoms with Gasteiger partial charge in [0, 0.05) is 60.7 Å². The molecule has 248 valence electrons. The summed E-state index contributed by atoms with van der Waals surface area (Å²) < 4.78 is 34.5. The lowest BCUT2D eigenvalue weighted by molar-refractivity contribution is -0.122. The van der Waals surface area contributed by atoms with E-state index < -0.39 is 28.1 Å². The molecule has 0 radical (unpaired) electrons. The number of piperazine rings is 1. The first kappa shape index (κ1) is 32.6. The Morgan fingerprint density at radius 3 is 2.77 bits per heavy atom. The molecule has 4 N–H and O–H groups in total. The van der Waals surface area contributed by atoms with Crippen LogP contribution < -0.4 is 10.6 Å². The van der Waals surface area contributed by atoms with Crippen LogP contribution in [0.25, 0.3) is 10.1 Å². The Hall–Kier alpha value is -4.37. The van der Waals surface area contributed by atoms with Gasteiger partial charge in [-0.15, -0.1) is 32.9 Å². The highest BCUT2D eigenvalue weighted by atomic mass is 32.2. The van der Waals surface area contributed by atoms with Gasteiger partial charge >= 0.3 is 6.09 Å². The van der Waals surface area contributed by atoms with Crippen molar-refractivity contribution < 1.29 is 27.5 Å². The zero-order chi connectivity index (χ0) is 33.3. The molecule has 1 aromatic carbocycles. The number of thiophene rings is 1. The van der Waals surface area contributed by atoms with Gasteiger partial charge in [-0.3, -0.25) is 20.3 Å². The quantitative estimate of drug-likeness (QED) is 0.148. The number of fused-ring (bicyclic) bond motifs is 2. The molecule has 47 heavy (non-hydrogen) atoms. The lowest BCUT2D eigenvalue weighted by atomic mass is 10.1. The van der Waals surface area contributed by atoms with E-state index in [-0.39, 0.29) is 54.4 Å². The Labute approximate surface area is 276 Å². The average Bonchev–Trinajstić information content (AvgIpc) is 3.83. The normalized spacial score (nSPS) is 17.3.